The van der Waals surface area contributed by atoms with Gasteiger partial charge in [-0.25, -0.2) is 4.39 Å². The molecule has 0 heterocycles. The van der Waals surface area contributed by atoms with E-state index in [0.717, 1.165) is 57.4 Å². The van der Waals surface area contributed by atoms with Gasteiger partial charge in [-0.3, -0.25) is 4.99 Å². The van der Waals surface area contributed by atoms with E-state index < -0.39 is 0 Å². The minimum absolute atomic E-state index is 0. The molecule has 0 bridgehead atoms. The van der Waals surface area contributed by atoms with Crippen molar-refractivity contribution in [1.82, 2.24) is 10.6 Å². The van der Waals surface area contributed by atoms with Crippen LogP contribution in [0, 0.1) is 11.7 Å². The van der Waals surface area contributed by atoms with Crippen LogP contribution in [0.4, 0.5) is 4.39 Å². The molecule has 0 amide bonds. The molecule has 0 atom stereocenters. The van der Waals surface area contributed by atoms with Gasteiger partial charge in [0.05, 0.1) is 0 Å². The molecule has 0 radical (unpaired) electrons. The van der Waals surface area contributed by atoms with Crippen LogP contribution in [0.2, 0.25) is 0 Å². The molecule has 6 heteroatoms. The molecule has 26 heavy (non-hydrogen) atoms. The van der Waals surface area contributed by atoms with Gasteiger partial charge in [0.2, 0.25) is 0 Å². The van der Waals surface area contributed by atoms with Crippen molar-refractivity contribution in [2.45, 2.75) is 43.9 Å². The molecule has 2 aliphatic rings. The summed E-state index contributed by atoms with van der Waals surface area (Å²) in [5, 5.41) is 6.80. The number of nitrogens with one attached hydrogen (secondary N) is 2. The summed E-state index contributed by atoms with van der Waals surface area (Å²) in [6, 6.07) is 6.96. The number of benzene rings is 1. The number of aliphatic imine (C=N–C) groups is 1. The maximum Gasteiger partial charge on any atom is 0.191 e. The van der Waals surface area contributed by atoms with Gasteiger partial charge >= 0.3 is 0 Å². The first kappa shape index (κ1) is 21.4. The fourth-order valence-corrected chi connectivity index (χ4v) is 3.36. The highest BCUT2D eigenvalue weighted by atomic mass is 127. The molecule has 0 aromatic heterocycles. The van der Waals surface area contributed by atoms with E-state index in [2.05, 4.69) is 15.6 Å². The van der Waals surface area contributed by atoms with Gasteiger partial charge in [0.1, 0.15) is 5.82 Å². The van der Waals surface area contributed by atoms with E-state index in [1.165, 1.54) is 24.8 Å². The Balaban J connectivity index is 0.00000243. The third-order valence-electron chi connectivity index (χ3n) is 5.39. The van der Waals surface area contributed by atoms with Gasteiger partial charge in [-0.2, -0.15) is 0 Å². The van der Waals surface area contributed by atoms with E-state index in [4.69, 9.17) is 4.74 Å². The second-order valence-electron chi connectivity index (χ2n) is 7.37. The average Bonchev–Trinajstić information content (AvgIpc) is 3.40. The van der Waals surface area contributed by atoms with Crippen LogP contribution in [0.25, 0.3) is 0 Å². The first-order valence-corrected chi connectivity index (χ1v) is 9.50. The highest BCUT2D eigenvalue weighted by Gasteiger charge is 2.38. The Morgan fingerprint density at radius 1 is 1.23 bits per heavy atom. The van der Waals surface area contributed by atoms with Crippen LogP contribution in [-0.4, -0.2) is 39.3 Å². The smallest absolute Gasteiger partial charge is 0.191 e. The third kappa shape index (κ3) is 6.08. The van der Waals surface area contributed by atoms with E-state index in [1.807, 2.05) is 12.1 Å². The van der Waals surface area contributed by atoms with Crippen molar-refractivity contribution >= 4 is 29.9 Å². The quantitative estimate of drug-likeness (QED) is 0.247. The van der Waals surface area contributed by atoms with Crippen LogP contribution in [-0.2, 0) is 10.2 Å². The maximum atomic E-state index is 13.2. The second-order valence-corrected chi connectivity index (χ2v) is 7.37. The largest absolute Gasteiger partial charge is 0.381 e. The molecule has 2 N–H and O–H groups in total. The summed E-state index contributed by atoms with van der Waals surface area (Å²) in [5.74, 6) is 1.48. The Bertz CT molecular complexity index is 571. The maximum absolute atomic E-state index is 13.2. The number of ether oxygens (including phenoxy) is 1. The summed E-state index contributed by atoms with van der Waals surface area (Å²) in [5.41, 5.74) is 1.33. The molecule has 1 aromatic carbocycles. The van der Waals surface area contributed by atoms with E-state index >= 15 is 0 Å². The van der Waals surface area contributed by atoms with Crippen LogP contribution in [0.1, 0.15) is 44.1 Å². The van der Waals surface area contributed by atoms with Gasteiger partial charge < -0.3 is 15.4 Å². The summed E-state index contributed by atoms with van der Waals surface area (Å²) < 4.78 is 18.8. The number of rotatable bonds is 9. The van der Waals surface area contributed by atoms with E-state index in [1.54, 1.807) is 19.2 Å². The lowest BCUT2D eigenvalue weighted by molar-refractivity contribution is 0.123. The zero-order valence-corrected chi connectivity index (χ0v) is 17.9. The fraction of sp³-hybridized carbons (Fsp3) is 0.650. The zero-order valence-electron chi connectivity index (χ0n) is 15.6. The monoisotopic (exact) mass is 475 g/mol. The summed E-state index contributed by atoms with van der Waals surface area (Å²) in [7, 11) is 1.80. The number of halogens is 2. The molecule has 146 valence electrons. The summed E-state index contributed by atoms with van der Waals surface area (Å²) in [4.78, 5) is 4.31. The van der Waals surface area contributed by atoms with E-state index in [9.17, 15) is 4.39 Å². The SMILES string of the molecule is CN=C(NCCCOCC1CC1)NCC1(c2ccc(F)cc2)CCC1.I. The molecular formula is C20H31FIN3O. The van der Waals surface area contributed by atoms with Crippen molar-refractivity contribution < 1.29 is 9.13 Å². The van der Waals surface area contributed by atoms with Gasteiger partial charge in [0.15, 0.2) is 5.96 Å². The molecule has 2 fully saturated rings. The molecule has 0 unspecified atom stereocenters. The molecule has 2 aliphatic carbocycles. The Labute approximate surface area is 173 Å². The van der Waals surface area contributed by atoms with Crippen molar-refractivity contribution in [3.05, 3.63) is 35.6 Å². The van der Waals surface area contributed by atoms with Gasteiger partial charge in [0, 0.05) is 38.8 Å². The molecule has 3 rings (SSSR count). The van der Waals surface area contributed by atoms with Crippen LogP contribution in [0.15, 0.2) is 29.3 Å². The van der Waals surface area contributed by atoms with Crippen LogP contribution in [0.3, 0.4) is 0 Å². The summed E-state index contributed by atoms with van der Waals surface area (Å²) in [6.45, 7) is 3.41. The van der Waals surface area contributed by atoms with Crippen LogP contribution in [0.5, 0.6) is 0 Å². The lowest BCUT2D eigenvalue weighted by Gasteiger charge is -2.43. The third-order valence-corrected chi connectivity index (χ3v) is 5.39. The number of hydrogen-bond donors (Lipinski definition) is 2. The molecule has 0 spiro atoms. The van der Waals surface area contributed by atoms with Crippen molar-refractivity contribution in [2.24, 2.45) is 10.9 Å². The number of hydrogen-bond acceptors (Lipinski definition) is 2. The molecule has 0 aliphatic heterocycles. The Kier molecular flexibility index (Phi) is 8.60. The van der Waals surface area contributed by atoms with E-state index in [-0.39, 0.29) is 35.2 Å². The molecular weight excluding hydrogens is 444 g/mol. The summed E-state index contributed by atoms with van der Waals surface area (Å²) in [6.07, 6.45) is 7.16. The average molecular weight is 475 g/mol. The van der Waals surface area contributed by atoms with Gasteiger partial charge in [-0.15, -0.1) is 24.0 Å². The fourth-order valence-electron chi connectivity index (χ4n) is 3.36. The minimum atomic E-state index is -0.174. The first-order chi connectivity index (χ1) is 12.2. The van der Waals surface area contributed by atoms with Crippen molar-refractivity contribution in [2.75, 3.05) is 33.4 Å². The predicted molar refractivity (Wildman–Crippen MR) is 115 cm³/mol. The summed E-state index contributed by atoms with van der Waals surface area (Å²) >= 11 is 0. The topological polar surface area (TPSA) is 45.7 Å². The molecule has 0 saturated heterocycles. The van der Waals surface area contributed by atoms with Gasteiger partial charge in [-0.05, 0) is 55.7 Å². The second kappa shape index (κ2) is 10.4. The van der Waals surface area contributed by atoms with Crippen molar-refractivity contribution in [3.8, 4) is 0 Å². The van der Waals surface area contributed by atoms with E-state index in [0.29, 0.717) is 0 Å². The Morgan fingerprint density at radius 3 is 2.54 bits per heavy atom. The normalized spacial score (nSPS) is 18.6. The lowest BCUT2D eigenvalue weighted by atomic mass is 9.64. The molecule has 4 nitrogen and oxygen atoms in total. The zero-order chi connectivity index (χ0) is 17.5. The Hall–Kier alpha value is -0.890. The number of nitrogens with zero attached hydrogens (tertiary/aromatic N) is 1. The predicted octanol–water partition coefficient (Wildman–Crippen LogP) is 3.85. The Morgan fingerprint density at radius 2 is 1.96 bits per heavy atom. The standard InChI is InChI=1S/C20H30FN3O.HI/c1-22-19(23-12-3-13-25-14-16-4-5-16)24-15-20(10-2-11-20)17-6-8-18(21)9-7-17;/h6-9,16H,2-5,10-15H2,1H3,(H2,22,23,24);1H. The van der Waals surface area contributed by atoms with Crippen molar-refractivity contribution in [3.63, 3.8) is 0 Å². The minimum Gasteiger partial charge on any atom is -0.381 e. The first-order valence-electron chi connectivity index (χ1n) is 9.50. The highest BCUT2D eigenvalue weighted by Crippen LogP contribution is 2.43. The van der Waals surface area contributed by atoms with Crippen LogP contribution < -0.4 is 10.6 Å². The van der Waals surface area contributed by atoms with Gasteiger partial charge in [-0.1, -0.05) is 18.6 Å². The highest BCUT2D eigenvalue weighted by molar-refractivity contribution is 14.0. The van der Waals surface area contributed by atoms with Crippen molar-refractivity contribution in [1.29, 1.82) is 0 Å². The lowest BCUT2D eigenvalue weighted by Crippen LogP contribution is -2.49. The van der Waals surface area contributed by atoms with Crippen LogP contribution >= 0.6 is 24.0 Å². The number of guanidine groups is 1. The molecule has 2 saturated carbocycles. The van der Waals surface area contributed by atoms with Gasteiger partial charge in [0.25, 0.3) is 0 Å². The molecule has 1 aromatic rings.